The molecule has 1 aromatic carbocycles. The molecule has 0 amide bonds. The molecule has 3 rings (SSSR count). The van der Waals surface area contributed by atoms with Gasteiger partial charge in [0.25, 0.3) is 5.56 Å². The van der Waals surface area contributed by atoms with E-state index in [4.69, 9.17) is 4.74 Å². The maximum absolute atomic E-state index is 12.1. The lowest BCUT2D eigenvalue weighted by atomic mass is 10.3. The Hall–Kier alpha value is -2.34. The third-order valence-corrected chi connectivity index (χ3v) is 4.21. The largest absolute Gasteiger partial charge is 0.494 e. The van der Waals surface area contributed by atoms with Gasteiger partial charge < -0.3 is 10.1 Å². The minimum absolute atomic E-state index is 0.0350. The van der Waals surface area contributed by atoms with Gasteiger partial charge in [0.2, 0.25) is 0 Å². The summed E-state index contributed by atoms with van der Waals surface area (Å²) < 4.78 is 7.04. The zero-order valence-electron chi connectivity index (χ0n) is 12.5. The van der Waals surface area contributed by atoms with Crippen molar-refractivity contribution in [2.24, 2.45) is 0 Å². The third kappa shape index (κ3) is 2.96. The van der Waals surface area contributed by atoms with E-state index in [9.17, 15) is 4.79 Å². The number of fused-ring (bicyclic) bond motifs is 1. The molecular weight excluding hydrogens is 298 g/mol. The predicted molar refractivity (Wildman–Crippen MR) is 89.0 cm³/mol. The number of hydrogen-bond acceptors (Lipinski definition) is 5. The molecule has 0 bridgehead atoms. The van der Waals surface area contributed by atoms with Crippen LogP contribution in [-0.4, -0.2) is 16.0 Å². The van der Waals surface area contributed by atoms with Crippen molar-refractivity contribution in [3.05, 3.63) is 57.5 Å². The van der Waals surface area contributed by atoms with Crippen molar-refractivity contribution in [2.75, 3.05) is 11.9 Å². The van der Waals surface area contributed by atoms with Gasteiger partial charge in [-0.15, -0.1) is 11.3 Å². The van der Waals surface area contributed by atoms with E-state index in [0.29, 0.717) is 13.2 Å². The number of nitrogens with zero attached hydrogens (tertiary/aromatic N) is 2. The SMILES string of the molecule is CCOc1ccc(NCc2cc(=O)n3c(C)csc3n2)cc1. The Labute approximate surface area is 132 Å². The van der Waals surface area contributed by atoms with Crippen molar-refractivity contribution in [1.29, 1.82) is 0 Å². The lowest BCUT2D eigenvalue weighted by Gasteiger charge is -2.08. The van der Waals surface area contributed by atoms with E-state index in [1.54, 1.807) is 10.5 Å². The Morgan fingerprint density at radius 3 is 2.82 bits per heavy atom. The quantitative estimate of drug-likeness (QED) is 0.786. The fourth-order valence-electron chi connectivity index (χ4n) is 2.22. The van der Waals surface area contributed by atoms with Crippen LogP contribution in [0, 0.1) is 6.92 Å². The molecule has 0 radical (unpaired) electrons. The Morgan fingerprint density at radius 2 is 2.09 bits per heavy atom. The first-order chi connectivity index (χ1) is 10.7. The minimum atomic E-state index is -0.0350. The smallest absolute Gasteiger partial charge is 0.259 e. The van der Waals surface area contributed by atoms with Crippen LogP contribution in [0.1, 0.15) is 18.3 Å². The summed E-state index contributed by atoms with van der Waals surface area (Å²) in [6, 6.07) is 9.31. The summed E-state index contributed by atoms with van der Waals surface area (Å²) in [5.74, 6) is 0.847. The molecular formula is C16H17N3O2S. The number of thiazole rings is 1. The lowest BCUT2D eigenvalue weighted by molar-refractivity contribution is 0.340. The number of aryl methyl sites for hydroxylation is 1. The van der Waals surface area contributed by atoms with E-state index < -0.39 is 0 Å². The van der Waals surface area contributed by atoms with E-state index in [1.165, 1.54) is 11.3 Å². The summed E-state index contributed by atoms with van der Waals surface area (Å²) >= 11 is 1.48. The van der Waals surface area contributed by atoms with Gasteiger partial charge >= 0.3 is 0 Å². The van der Waals surface area contributed by atoms with Crippen LogP contribution in [0.5, 0.6) is 5.75 Å². The molecule has 3 aromatic rings. The third-order valence-electron chi connectivity index (χ3n) is 3.27. The first-order valence-electron chi connectivity index (χ1n) is 7.11. The Kier molecular flexibility index (Phi) is 4.11. The van der Waals surface area contributed by atoms with Crippen LogP contribution in [0.3, 0.4) is 0 Å². The van der Waals surface area contributed by atoms with E-state index in [2.05, 4.69) is 10.3 Å². The fraction of sp³-hybridized carbons (Fsp3) is 0.250. The molecule has 1 N–H and O–H groups in total. The number of nitrogens with one attached hydrogen (secondary N) is 1. The first-order valence-corrected chi connectivity index (χ1v) is 7.99. The van der Waals surface area contributed by atoms with Crippen molar-refractivity contribution in [1.82, 2.24) is 9.38 Å². The Morgan fingerprint density at radius 1 is 1.32 bits per heavy atom. The zero-order valence-corrected chi connectivity index (χ0v) is 13.3. The summed E-state index contributed by atoms with van der Waals surface area (Å²) in [7, 11) is 0. The van der Waals surface area contributed by atoms with Crippen molar-refractivity contribution in [3.63, 3.8) is 0 Å². The average Bonchev–Trinajstić information content (AvgIpc) is 2.89. The van der Waals surface area contributed by atoms with Crippen LogP contribution < -0.4 is 15.6 Å². The molecule has 6 heteroatoms. The summed E-state index contributed by atoms with van der Waals surface area (Å²) in [6.45, 7) is 5.03. The highest BCUT2D eigenvalue weighted by Crippen LogP contribution is 2.16. The summed E-state index contributed by atoms with van der Waals surface area (Å²) in [4.78, 5) is 17.3. The van der Waals surface area contributed by atoms with Gasteiger partial charge in [0.1, 0.15) is 5.75 Å². The molecule has 2 aromatic heterocycles. The zero-order chi connectivity index (χ0) is 15.5. The molecule has 0 spiro atoms. The van der Waals surface area contributed by atoms with E-state index >= 15 is 0 Å². The minimum Gasteiger partial charge on any atom is -0.494 e. The van der Waals surface area contributed by atoms with Crippen LogP contribution >= 0.6 is 11.3 Å². The maximum Gasteiger partial charge on any atom is 0.259 e. The van der Waals surface area contributed by atoms with Crippen molar-refractivity contribution < 1.29 is 4.74 Å². The highest BCUT2D eigenvalue weighted by atomic mass is 32.1. The number of aromatic nitrogens is 2. The van der Waals surface area contributed by atoms with Gasteiger partial charge in [-0.2, -0.15) is 0 Å². The number of rotatable bonds is 5. The molecule has 0 unspecified atom stereocenters. The molecule has 2 heterocycles. The van der Waals surface area contributed by atoms with Crippen LogP contribution in [0.4, 0.5) is 5.69 Å². The maximum atomic E-state index is 12.1. The van der Waals surface area contributed by atoms with Gasteiger partial charge in [0, 0.05) is 22.8 Å². The Bertz CT molecular complexity index is 837. The molecule has 0 aliphatic carbocycles. The molecule has 0 fully saturated rings. The van der Waals surface area contributed by atoms with Gasteiger partial charge in [-0.1, -0.05) is 0 Å². The number of anilines is 1. The summed E-state index contributed by atoms with van der Waals surface area (Å²) in [5.41, 5.74) is 2.59. The van der Waals surface area contributed by atoms with Crippen LogP contribution in [0.25, 0.3) is 4.96 Å². The van der Waals surface area contributed by atoms with Crippen LogP contribution in [0.15, 0.2) is 40.5 Å². The lowest BCUT2D eigenvalue weighted by Crippen LogP contribution is -2.16. The van der Waals surface area contributed by atoms with Crippen molar-refractivity contribution >= 4 is 22.0 Å². The van der Waals surface area contributed by atoms with E-state index in [0.717, 1.165) is 27.8 Å². The molecule has 114 valence electrons. The van der Waals surface area contributed by atoms with E-state index in [1.807, 2.05) is 43.5 Å². The number of hydrogen-bond donors (Lipinski definition) is 1. The van der Waals surface area contributed by atoms with Crippen molar-refractivity contribution in [2.45, 2.75) is 20.4 Å². The second-order valence-electron chi connectivity index (χ2n) is 4.89. The molecule has 5 nitrogen and oxygen atoms in total. The van der Waals surface area contributed by atoms with Gasteiger partial charge in [0.15, 0.2) is 4.96 Å². The fourth-order valence-corrected chi connectivity index (χ4v) is 3.11. The summed E-state index contributed by atoms with van der Waals surface area (Å²) in [5, 5.41) is 5.21. The van der Waals surface area contributed by atoms with Crippen LogP contribution in [0.2, 0.25) is 0 Å². The molecule has 0 saturated heterocycles. The second kappa shape index (κ2) is 6.19. The number of benzene rings is 1. The number of ether oxygens (including phenoxy) is 1. The van der Waals surface area contributed by atoms with Crippen LogP contribution in [-0.2, 0) is 6.54 Å². The molecule has 0 atom stereocenters. The second-order valence-corrected chi connectivity index (χ2v) is 5.73. The topological polar surface area (TPSA) is 55.6 Å². The first kappa shape index (κ1) is 14.6. The average molecular weight is 315 g/mol. The highest BCUT2D eigenvalue weighted by Gasteiger charge is 2.06. The van der Waals surface area contributed by atoms with Gasteiger partial charge in [-0.25, -0.2) is 4.98 Å². The molecule has 0 aliphatic rings. The standard InChI is InChI=1S/C16H17N3O2S/c1-3-21-14-6-4-12(5-7-14)17-9-13-8-15(20)19-11(2)10-22-16(19)18-13/h4-8,10,17H,3,9H2,1-2H3. The molecule has 0 aliphatic heterocycles. The van der Waals surface area contributed by atoms with Crippen molar-refractivity contribution in [3.8, 4) is 5.75 Å². The van der Waals surface area contributed by atoms with Gasteiger partial charge in [-0.3, -0.25) is 9.20 Å². The monoisotopic (exact) mass is 315 g/mol. The molecule has 22 heavy (non-hydrogen) atoms. The summed E-state index contributed by atoms with van der Waals surface area (Å²) in [6.07, 6.45) is 0. The van der Waals surface area contributed by atoms with Gasteiger partial charge in [-0.05, 0) is 38.1 Å². The normalized spacial score (nSPS) is 10.8. The van der Waals surface area contributed by atoms with E-state index in [-0.39, 0.29) is 5.56 Å². The van der Waals surface area contributed by atoms with Gasteiger partial charge in [0.05, 0.1) is 18.8 Å². The molecule has 0 saturated carbocycles. The highest BCUT2D eigenvalue weighted by molar-refractivity contribution is 7.15. The Balaban J connectivity index is 1.74. The predicted octanol–water partition coefficient (Wildman–Crippen LogP) is 3.08.